The molecule has 0 saturated heterocycles. The first-order valence-corrected chi connectivity index (χ1v) is 6.61. The van der Waals surface area contributed by atoms with Crippen molar-refractivity contribution in [3.63, 3.8) is 0 Å². The number of aliphatic hydroxyl groups is 1. The average molecular weight is 263 g/mol. The number of aliphatic hydroxyl groups excluding tert-OH is 1. The van der Waals surface area contributed by atoms with E-state index in [0.717, 1.165) is 39.0 Å². The number of aromatic nitrogens is 1. The number of hydrogen-bond acceptors (Lipinski definition) is 3. The van der Waals surface area contributed by atoms with Crippen molar-refractivity contribution >= 4 is 10.9 Å². The standard InChI is InChI=1S/C17H13NO2/c19-9-11-5-6-15-12(7-11)8-13-10-20-16-4-2-1-3-14(16)17(13)18-15/h1-8,19H,9-10H2. The molecule has 0 spiro atoms. The summed E-state index contributed by atoms with van der Waals surface area (Å²) in [6.45, 7) is 0.588. The van der Waals surface area contributed by atoms with Crippen LogP contribution in [0.1, 0.15) is 11.1 Å². The molecule has 20 heavy (non-hydrogen) atoms. The fraction of sp³-hybridized carbons (Fsp3) is 0.118. The quantitative estimate of drug-likeness (QED) is 0.732. The number of ether oxygens (including phenoxy) is 1. The Bertz CT molecular complexity index is 811. The zero-order valence-corrected chi connectivity index (χ0v) is 10.8. The van der Waals surface area contributed by atoms with Gasteiger partial charge >= 0.3 is 0 Å². The Labute approximate surface area is 116 Å². The Balaban J connectivity index is 1.98. The molecule has 1 aromatic heterocycles. The minimum Gasteiger partial charge on any atom is -0.488 e. The van der Waals surface area contributed by atoms with Crippen molar-refractivity contribution in [1.29, 1.82) is 0 Å². The molecule has 3 nitrogen and oxygen atoms in total. The molecule has 1 aliphatic heterocycles. The van der Waals surface area contributed by atoms with Gasteiger partial charge in [0.1, 0.15) is 12.4 Å². The van der Waals surface area contributed by atoms with Gasteiger partial charge in [-0.15, -0.1) is 0 Å². The molecule has 3 heteroatoms. The van der Waals surface area contributed by atoms with Gasteiger partial charge in [0.2, 0.25) is 0 Å². The van der Waals surface area contributed by atoms with Crippen LogP contribution < -0.4 is 4.74 Å². The number of nitrogens with zero attached hydrogens (tertiary/aromatic N) is 1. The van der Waals surface area contributed by atoms with Crippen LogP contribution in [0.2, 0.25) is 0 Å². The number of para-hydroxylation sites is 1. The summed E-state index contributed by atoms with van der Waals surface area (Å²) in [5, 5.41) is 10.3. The fourth-order valence-electron chi connectivity index (χ4n) is 2.65. The van der Waals surface area contributed by atoms with E-state index in [4.69, 9.17) is 9.72 Å². The van der Waals surface area contributed by atoms with Crippen LogP contribution in [0.4, 0.5) is 0 Å². The number of pyridine rings is 1. The molecule has 0 atom stereocenters. The first kappa shape index (κ1) is 11.4. The molecule has 98 valence electrons. The topological polar surface area (TPSA) is 42.4 Å². The van der Waals surface area contributed by atoms with Gasteiger partial charge in [-0.1, -0.05) is 18.2 Å². The molecular formula is C17H13NO2. The monoisotopic (exact) mass is 263 g/mol. The Hall–Kier alpha value is -2.39. The van der Waals surface area contributed by atoms with E-state index in [0.29, 0.717) is 6.61 Å². The van der Waals surface area contributed by atoms with Crippen molar-refractivity contribution in [3.8, 4) is 17.0 Å². The van der Waals surface area contributed by atoms with Crippen LogP contribution in [0, 0.1) is 0 Å². The average Bonchev–Trinajstić information content (AvgIpc) is 2.52. The number of hydrogen-bond donors (Lipinski definition) is 1. The Morgan fingerprint density at radius 2 is 2.00 bits per heavy atom. The lowest BCUT2D eigenvalue weighted by molar-refractivity contribution is 0.282. The van der Waals surface area contributed by atoms with E-state index in [1.807, 2.05) is 42.5 Å². The lowest BCUT2D eigenvalue weighted by atomic mass is 10.00. The highest BCUT2D eigenvalue weighted by atomic mass is 16.5. The summed E-state index contributed by atoms with van der Waals surface area (Å²) in [5.74, 6) is 0.888. The van der Waals surface area contributed by atoms with Crippen molar-refractivity contribution in [2.24, 2.45) is 0 Å². The largest absolute Gasteiger partial charge is 0.488 e. The van der Waals surface area contributed by atoms with Gasteiger partial charge < -0.3 is 9.84 Å². The molecule has 1 aliphatic rings. The van der Waals surface area contributed by atoms with Crippen molar-refractivity contribution in [3.05, 3.63) is 59.7 Å². The Morgan fingerprint density at radius 3 is 2.90 bits per heavy atom. The zero-order valence-electron chi connectivity index (χ0n) is 10.8. The number of fused-ring (bicyclic) bond motifs is 4. The maximum atomic E-state index is 9.22. The van der Waals surface area contributed by atoms with Crippen molar-refractivity contribution < 1.29 is 9.84 Å². The van der Waals surface area contributed by atoms with Gasteiger partial charge in [0.15, 0.2) is 0 Å². The van der Waals surface area contributed by atoms with E-state index in [9.17, 15) is 5.11 Å². The smallest absolute Gasteiger partial charge is 0.129 e. The van der Waals surface area contributed by atoms with E-state index in [2.05, 4.69) is 6.07 Å². The lowest BCUT2D eigenvalue weighted by Gasteiger charge is -2.20. The highest BCUT2D eigenvalue weighted by Gasteiger charge is 2.18. The van der Waals surface area contributed by atoms with Crippen LogP contribution >= 0.6 is 0 Å². The second-order valence-corrected chi connectivity index (χ2v) is 4.97. The molecule has 0 saturated carbocycles. The summed E-state index contributed by atoms with van der Waals surface area (Å²) in [6, 6.07) is 15.9. The summed E-state index contributed by atoms with van der Waals surface area (Å²) >= 11 is 0. The molecule has 4 rings (SSSR count). The second-order valence-electron chi connectivity index (χ2n) is 4.97. The highest BCUT2D eigenvalue weighted by Crippen LogP contribution is 2.37. The van der Waals surface area contributed by atoms with Gasteiger partial charge in [-0.2, -0.15) is 0 Å². The van der Waals surface area contributed by atoms with E-state index >= 15 is 0 Å². The Kier molecular flexibility index (Phi) is 2.47. The Morgan fingerprint density at radius 1 is 1.10 bits per heavy atom. The third-order valence-electron chi connectivity index (χ3n) is 3.67. The van der Waals surface area contributed by atoms with Crippen LogP contribution in [0.3, 0.4) is 0 Å². The maximum absolute atomic E-state index is 9.22. The van der Waals surface area contributed by atoms with E-state index in [-0.39, 0.29) is 6.61 Å². The van der Waals surface area contributed by atoms with Crippen LogP contribution in [0.15, 0.2) is 48.5 Å². The van der Waals surface area contributed by atoms with Gasteiger partial charge in [0, 0.05) is 16.5 Å². The first-order valence-electron chi connectivity index (χ1n) is 6.61. The molecule has 0 unspecified atom stereocenters. The van der Waals surface area contributed by atoms with Crippen LogP contribution in [-0.4, -0.2) is 10.1 Å². The summed E-state index contributed by atoms with van der Waals surface area (Å²) < 4.78 is 5.77. The minimum atomic E-state index is 0.0480. The number of benzene rings is 2. The third kappa shape index (κ3) is 1.67. The summed E-state index contributed by atoms with van der Waals surface area (Å²) in [4.78, 5) is 4.77. The van der Waals surface area contributed by atoms with E-state index in [1.54, 1.807) is 0 Å². The number of rotatable bonds is 1. The van der Waals surface area contributed by atoms with Crippen molar-refractivity contribution in [1.82, 2.24) is 4.98 Å². The molecule has 2 aromatic carbocycles. The fourth-order valence-corrected chi connectivity index (χ4v) is 2.65. The second kappa shape index (κ2) is 4.32. The third-order valence-corrected chi connectivity index (χ3v) is 3.67. The molecule has 0 aliphatic carbocycles. The molecule has 3 aromatic rings. The van der Waals surface area contributed by atoms with E-state index < -0.39 is 0 Å². The van der Waals surface area contributed by atoms with Crippen LogP contribution in [0.5, 0.6) is 5.75 Å². The van der Waals surface area contributed by atoms with Crippen molar-refractivity contribution in [2.75, 3.05) is 0 Å². The zero-order chi connectivity index (χ0) is 13.5. The van der Waals surface area contributed by atoms with Gasteiger partial charge in [0.05, 0.1) is 17.8 Å². The molecule has 2 heterocycles. The molecule has 1 N–H and O–H groups in total. The van der Waals surface area contributed by atoms with Crippen molar-refractivity contribution in [2.45, 2.75) is 13.2 Å². The molecule has 0 bridgehead atoms. The van der Waals surface area contributed by atoms with Gasteiger partial charge in [0.25, 0.3) is 0 Å². The summed E-state index contributed by atoms with van der Waals surface area (Å²) in [7, 11) is 0. The minimum absolute atomic E-state index is 0.0480. The van der Waals surface area contributed by atoms with Gasteiger partial charge in [-0.25, -0.2) is 4.98 Å². The van der Waals surface area contributed by atoms with Gasteiger partial charge in [-0.05, 0) is 35.9 Å². The van der Waals surface area contributed by atoms with Crippen LogP contribution in [0.25, 0.3) is 22.2 Å². The van der Waals surface area contributed by atoms with E-state index in [1.165, 1.54) is 0 Å². The van der Waals surface area contributed by atoms with Crippen LogP contribution in [-0.2, 0) is 13.2 Å². The molecule has 0 radical (unpaired) electrons. The lowest BCUT2D eigenvalue weighted by Crippen LogP contribution is -2.07. The first-order chi connectivity index (χ1) is 9.85. The molecule has 0 amide bonds. The molecule has 0 fully saturated rings. The predicted molar refractivity (Wildman–Crippen MR) is 77.4 cm³/mol. The normalized spacial score (nSPS) is 12.7. The SMILES string of the molecule is OCc1ccc2nc3c(cc2c1)COc1ccccc1-3. The molecular weight excluding hydrogens is 250 g/mol. The summed E-state index contributed by atoms with van der Waals surface area (Å²) in [6.07, 6.45) is 0. The summed E-state index contributed by atoms with van der Waals surface area (Å²) in [5.41, 5.74) is 4.97. The highest BCUT2D eigenvalue weighted by molar-refractivity contribution is 5.85. The predicted octanol–water partition coefficient (Wildman–Crippen LogP) is 3.29. The maximum Gasteiger partial charge on any atom is 0.129 e. The van der Waals surface area contributed by atoms with Gasteiger partial charge in [-0.3, -0.25) is 0 Å².